The summed E-state index contributed by atoms with van der Waals surface area (Å²) in [6, 6.07) is 14.3. The van der Waals surface area contributed by atoms with Crippen molar-refractivity contribution in [1.29, 1.82) is 0 Å². The number of carbonyl (C=O) groups is 1. The molecule has 0 saturated carbocycles. The molecule has 0 spiro atoms. The summed E-state index contributed by atoms with van der Waals surface area (Å²) in [7, 11) is 1.82. The third-order valence-electron chi connectivity index (χ3n) is 3.57. The topological polar surface area (TPSA) is 69.0 Å². The Kier molecular flexibility index (Phi) is 6.60. The van der Waals surface area contributed by atoms with E-state index in [9.17, 15) is 4.79 Å². The van der Waals surface area contributed by atoms with Crippen molar-refractivity contribution in [1.82, 2.24) is 14.8 Å². The number of amides is 1. The summed E-state index contributed by atoms with van der Waals surface area (Å²) < 4.78 is 7.45. The van der Waals surface area contributed by atoms with Crippen molar-refractivity contribution in [2.24, 2.45) is 7.05 Å². The molecule has 1 aromatic heterocycles. The van der Waals surface area contributed by atoms with Gasteiger partial charge in [0.2, 0.25) is 5.91 Å². The molecule has 6 nitrogen and oxygen atoms in total. The maximum Gasteiger partial charge on any atom is 0.234 e. The Morgan fingerprint density at radius 1 is 1.19 bits per heavy atom. The van der Waals surface area contributed by atoms with Crippen molar-refractivity contribution in [3.05, 3.63) is 64.4 Å². The van der Waals surface area contributed by atoms with Crippen molar-refractivity contribution in [3.63, 3.8) is 0 Å². The van der Waals surface area contributed by atoms with E-state index in [0.29, 0.717) is 26.8 Å². The Morgan fingerprint density at radius 2 is 1.96 bits per heavy atom. The molecule has 1 amide bonds. The van der Waals surface area contributed by atoms with Gasteiger partial charge in [-0.3, -0.25) is 4.79 Å². The van der Waals surface area contributed by atoms with Gasteiger partial charge in [0.05, 0.1) is 10.8 Å². The highest BCUT2D eigenvalue weighted by atomic mass is 35.5. The van der Waals surface area contributed by atoms with E-state index in [1.54, 1.807) is 22.8 Å². The number of anilines is 1. The van der Waals surface area contributed by atoms with Crippen LogP contribution in [0, 0.1) is 0 Å². The molecule has 2 aromatic carbocycles. The van der Waals surface area contributed by atoms with E-state index in [4.69, 9.17) is 27.9 Å². The van der Waals surface area contributed by atoms with Crippen LogP contribution in [0.25, 0.3) is 0 Å². The first-order valence-electron chi connectivity index (χ1n) is 7.97. The summed E-state index contributed by atoms with van der Waals surface area (Å²) >= 11 is 13.3. The number of aromatic nitrogens is 3. The SMILES string of the molecule is Cn1c(COc2cc(Cl)ccc2Cl)nnc1SCC(=O)Nc1ccccc1. The van der Waals surface area contributed by atoms with Crippen molar-refractivity contribution in [2.75, 3.05) is 11.1 Å². The molecule has 140 valence electrons. The first-order valence-corrected chi connectivity index (χ1v) is 9.71. The second-order valence-electron chi connectivity index (χ2n) is 5.52. The molecule has 0 atom stereocenters. The van der Waals surface area contributed by atoms with Crippen molar-refractivity contribution >= 4 is 46.6 Å². The molecular weight excluding hydrogens is 407 g/mol. The number of para-hydroxylation sites is 1. The highest BCUT2D eigenvalue weighted by molar-refractivity contribution is 7.99. The first-order chi connectivity index (χ1) is 13.0. The van der Waals surface area contributed by atoms with E-state index >= 15 is 0 Å². The number of carbonyl (C=O) groups excluding carboxylic acids is 1. The van der Waals surface area contributed by atoms with Crippen LogP contribution in [0.15, 0.2) is 53.7 Å². The van der Waals surface area contributed by atoms with Crippen LogP contribution in [0.3, 0.4) is 0 Å². The van der Waals surface area contributed by atoms with Gasteiger partial charge in [0.1, 0.15) is 12.4 Å². The zero-order valence-corrected chi connectivity index (χ0v) is 16.7. The van der Waals surface area contributed by atoms with E-state index in [1.807, 2.05) is 37.4 Å². The van der Waals surface area contributed by atoms with Crippen molar-refractivity contribution < 1.29 is 9.53 Å². The zero-order valence-electron chi connectivity index (χ0n) is 14.4. The quantitative estimate of drug-likeness (QED) is 0.570. The normalized spacial score (nSPS) is 10.6. The van der Waals surface area contributed by atoms with Crippen LogP contribution in [0.5, 0.6) is 5.75 Å². The molecule has 0 fully saturated rings. The number of hydrogen-bond donors (Lipinski definition) is 1. The summed E-state index contributed by atoms with van der Waals surface area (Å²) in [5.41, 5.74) is 0.758. The minimum Gasteiger partial charge on any atom is -0.484 e. The molecule has 3 rings (SSSR count). The summed E-state index contributed by atoms with van der Waals surface area (Å²) in [4.78, 5) is 12.0. The number of halogens is 2. The van der Waals surface area contributed by atoms with E-state index in [2.05, 4.69) is 15.5 Å². The van der Waals surface area contributed by atoms with Crippen LogP contribution >= 0.6 is 35.0 Å². The summed E-state index contributed by atoms with van der Waals surface area (Å²) in [5.74, 6) is 1.19. The maximum absolute atomic E-state index is 12.0. The summed E-state index contributed by atoms with van der Waals surface area (Å²) in [5, 5.41) is 12.7. The van der Waals surface area contributed by atoms with Gasteiger partial charge in [0, 0.05) is 23.8 Å². The molecule has 1 heterocycles. The maximum atomic E-state index is 12.0. The van der Waals surface area contributed by atoms with Gasteiger partial charge in [-0.25, -0.2) is 0 Å². The molecule has 0 saturated heterocycles. The molecular formula is C18H16Cl2N4O2S. The number of nitrogens with zero attached hydrogens (tertiary/aromatic N) is 3. The summed E-state index contributed by atoms with van der Waals surface area (Å²) in [6.45, 7) is 0.181. The van der Waals surface area contributed by atoms with E-state index < -0.39 is 0 Å². The number of nitrogens with one attached hydrogen (secondary N) is 1. The van der Waals surface area contributed by atoms with Gasteiger partial charge in [0.25, 0.3) is 0 Å². The third-order valence-corrected chi connectivity index (χ3v) is 5.13. The van der Waals surface area contributed by atoms with Crippen LogP contribution in [0.2, 0.25) is 10.0 Å². The number of rotatable bonds is 7. The third kappa shape index (κ3) is 5.38. The van der Waals surface area contributed by atoms with Gasteiger partial charge in [0.15, 0.2) is 11.0 Å². The molecule has 0 aliphatic heterocycles. The van der Waals surface area contributed by atoms with Gasteiger partial charge in [-0.05, 0) is 24.3 Å². The van der Waals surface area contributed by atoms with Crippen LogP contribution in [0.4, 0.5) is 5.69 Å². The van der Waals surface area contributed by atoms with Crippen molar-refractivity contribution in [2.45, 2.75) is 11.8 Å². The lowest BCUT2D eigenvalue weighted by molar-refractivity contribution is -0.113. The Hall–Kier alpha value is -2.22. The predicted molar refractivity (Wildman–Crippen MR) is 108 cm³/mol. The van der Waals surface area contributed by atoms with Gasteiger partial charge in [-0.2, -0.15) is 0 Å². The highest BCUT2D eigenvalue weighted by Gasteiger charge is 2.13. The number of benzene rings is 2. The van der Waals surface area contributed by atoms with Gasteiger partial charge >= 0.3 is 0 Å². The second kappa shape index (κ2) is 9.12. The average molecular weight is 423 g/mol. The van der Waals surface area contributed by atoms with Gasteiger partial charge in [-0.1, -0.05) is 53.2 Å². The average Bonchev–Trinajstić information content (AvgIpc) is 3.01. The van der Waals surface area contributed by atoms with E-state index in [1.165, 1.54) is 11.8 Å². The zero-order chi connectivity index (χ0) is 19.2. The van der Waals surface area contributed by atoms with Gasteiger partial charge < -0.3 is 14.6 Å². The van der Waals surface area contributed by atoms with Crippen LogP contribution in [-0.4, -0.2) is 26.4 Å². The smallest absolute Gasteiger partial charge is 0.234 e. The molecule has 0 aliphatic carbocycles. The van der Waals surface area contributed by atoms with Gasteiger partial charge in [-0.15, -0.1) is 10.2 Å². The second-order valence-corrected chi connectivity index (χ2v) is 7.31. The molecule has 27 heavy (non-hydrogen) atoms. The molecule has 0 unspecified atom stereocenters. The number of thioether (sulfide) groups is 1. The number of ether oxygens (including phenoxy) is 1. The van der Waals surface area contributed by atoms with Crippen LogP contribution < -0.4 is 10.1 Å². The molecule has 0 aliphatic rings. The summed E-state index contributed by atoms with van der Waals surface area (Å²) in [6.07, 6.45) is 0. The highest BCUT2D eigenvalue weighted by Crippen LogP contribution is 2.28. The Balaban J connectivity index is 1.55. The molecule has 9 heteroatoms. The predicted octanol–water partition coefficient (Wildman–Crippen LogP) is 4.43. The lowest BCUT2D eigenvalue weighted by Crippen LogP contribution is -2.14. The largest absolute Gasteiger partial charge is 0.484 e. The Bertz CT molecular complexity index is 934. The first kappa shape index (κ1) is 19.5. The van der Waals surface area contributed by atoms with E-state index in [0.717, 1.165) is 5.69 Å². The molecule has 0 radical (unpaired) electrons. The fraction of sp³-hybridized carbons (Fsp3) is 0.167. The minimum absolute atomic E-state index is 0.113. The fourth-order valence-electron chi connectivity index (χ4n) is 2.18. The molecule has 0 bridgehead atoms. The minimum atomic E-state index is -0.113. The Morgan fingerprint density at radius 3 is 2.74 bits per heavy atom. The Labute approximate surface area is 170 Å². The van der Waals surface area contributed by atoms with Crippen LogP contribution in [0.1, 0.15) is 5.82 Å². The monoisotopic (exact) mass is 422 g/mol. The standard InChI is InChI=1S/C18H16Cl2N4O2S/c1-24-16(10-26-15-9-12(19)7-8-14(15)20)22-23-18(24)27-11-17(25)21-13-5-3-2-4-6-13/h2-9H,10-11H2,1H3,(H,21,25). The molecule has 1 N–H and O–H groups in total. The lowest BCUT2D eigenvalue weighted by Gasteiger charge is -2.08. The molecule has 3 aromatic rings. The van der Waals surface area contributed by atoms with Crippen molar-refractivity contribution in [3.8, 4) is 5.75 Å². The lowest BCUT2D eigenvalue weighted by atomic mass is 10.3. The van der Waals surface area contributed by atoms with E-state index in [-0.39, 0.29) is 18.3 Å². The van der Waals surface area contributed by atoms with Crippen LogP contribution in [-0.2, 0) is 18.4 Å². The fourth-order valence-corrected chi connectivity index (χ4v) is 3.24. The number of hydrogen-bond acceptors (Lipinski definition) is 5.